The molecule has 2 fully saturated rings. The van der Waals surface area contributed by atoms with Gasteiger partial charge >= 0.3 is 0 Å². The standard InChI is InChI=1S/C35H33ClFN3O5/c1-34(33(38)42)17-45-32-24(34)15-29(40-31(32)19-5-8-26(37)25(36)13-19)35(43,23-6-7-23)10-9-27(41)20-11-21-12-22(18-3-4-18)16-39-30(21)28(14-20)44-2/h5,8,11-16,18,23,43H,3-4,6-7,9-10,17H2,1-2H3,(H2,38,42)/t34-,35+/m0/s1. The smallest absolute Gasteiger partial charge is 0.231 e. The van der Waals surface area contributed by atoms with Gasteiger partial charge in [-0.15, -0.1) is 0 Å². The second kappa shape index (κ2) is 10.8. The van der Waals surface area contributed by atoms with Crippen LogP contribution in [0.2, 0.25) is 5.02 Å². The molecule has 0 bridgehead atoms. The topological polar surface area (TPSA) is 125 Å². The Morgan fingerprint density at radius 1 is 1.18 bits per heavy atom. The second-order valence-corrected chi connectivity index (χ2v) is 13.2. The van der Waals surface area contributed by atoms with Crippen LogP contribution in [0, 0.1) is 11.7 Å². The van der Waals surface area contributed by atoms with E-state index in [4.69, 9.17) is 31.8 Å². The first-order valence-electron chi connectivity index (χ1n) is 15.2. The molecule has 10 heteroatoms. The third-order valence-corrected chi connectivity index (χ3v) is 9.89. The van der Waals surface area contributed by atoms with Crippen molar-refractivity contribution in [2.24, 2.45) is 11.7 Å². The maximum absolute atomic E-state index is 14.1. The Morgan fingerprint density at radius 2 is 1.96 bits per heavy atom. The molecular weight excluding hydrogens is 597 g/mol. The summed E-state index contributed by atoms with van der Waals surface area (Å²) in [6, 6.07) is 11.5. The number of hydrogen-bond acceptors (Lipinski definition) is 7. The van der Waals surface area contributed by atoms with E-state index in [1.54, 1.807) is 26.2 Å². The van der Waals surface area contributed by atoms with E-state index in [1.807, 2.05) is 12.3 Å². The first-order chi connectivity index (χ1) is 21.5. The highest BCUT2D eigenvalue weighted by Gasteiger charge is 2.49. The minimum absolute atomic E-state index is 0.00775. The Kier molecular flexibility index (Phi) is 7.09. The molecule has 45 heavy (non-hydrogen) atoms. The summed E-state index contributed by atoms with van der Waals surface area (Å²) in [4.78, 5) is 35.8. The van der Waals surface area contributed by atoms with Gasteiger partial charge < -0.3 is 20.3 Å². The van der Waals surface area contributed by atoms with Gasteiger partial charge in [-0.3, -0.25) is 14.6 Å². The fraction of sp³-hybridized carbons (Fsp3) is 0.371. The third-order valence-electron chi connectivity index (χ3n) is 9.60. The van der Waals surface area contributed by atoms with Crippen molar-refractivity contribution >= 4 is 34.2 Å². The molecule has 2 atom stereocenters. The van der Waals surface area contributed by atoms with Gasteiger partial charge in [-0.2, -0.15) is 0 Å². The number of rotatable bonds is 10. The number of primary amides is 1. The first kappa shape index (κ1) is 29.6. The van der Waals surface area contributed by atoms with Crippen LogP contribution in [0.15, 0.2) is 48.7 Å². The summed E-state index contributed by atoms with van der Waals surface area (Å²) in [6.45, 7) is 1.68. The molecule has 1 aliphatic heterocycles. The van der Waals surface area contributed by atoms with Crippen molar-refractivity contribution in [1.82, 2.24) is 9.97 Å². The van der Waals surface area contributed by atoms with Crippen LogP contribution in [-0.4, -0.2) is 40.5 Å². The molecule has 0 spiro atoms. The van der Waals surface area contributed by atoms with Gasteiger partial charge in [0.2, 0.25) is 5.91 Å². The predicted octanol–water partition coefficient (Wildman–Crippen LogP) is 6.37. The summed E-state index contributed by atoms with van der Waals surface area (Å²) in [6.07, 6.45) is 5.80. The van der Waals surface area contributed by atoms with Crippen LogP contribution in [0.1, 0.15) is 78.5 Å². The Morgan fingerprint density at radius 3 is 2.62 bits per heavy atom. The number of carbonyl (C=O) groups is 2. The monoisotopic (exact) mass is 629 g/mol. The van der Waals surface area contributed by atoms with Crippen molar-refractivity contribution in [1.29, 1.82) is 0 Å². The predicted molar refractivity (Wildman–Crippen MR) is 167 cm³/mol. The number of aliphatic hydroxyl groups is 1. The number of hydrogen-bond donors (Lipinski definition) is 2. The quantitative estimate of drug-likeness (QED) is 0.195. The Hall–Kier alpha value is -4.08. The normalized spacial score (nSPS) is 20.4. The summed E-state index contributed by atoms with van der Waals surface area (Å²) >= 11 is 6.12. The van der Waals surface area contributed by atoms with Crippen LogP contribution < -0.4 is 15.2 Å². The maximum Gasteiger partial charge on any atom is 0.231 e. The molecular formula is C35H33ClFN3O5. The van der Waals surface area contributed by atoms with Crippen molar-refractivity contribution in [2.45, 2.75) is 62.4 Å². The van der Waals surface area contributed by atoms with Gasteiger partial charge in [-0.25, -0.2) is 9.37 Å². The number of nitrogens with two attached hydrogens (primary N) is 1. The number of amides is 1. The van der Waals surface area contributed by atoms with E-state index in [-0.39, 0.29) is 36.2 Å². The Labute approximate surface area is 264 Å². The number of ether oxygens (including phenoxy) is 2. The molecule has 2 aliphatic carbocycles. The summed E-state index contributed by atoms with van der Waals surface area (Å²) in [5.41, 5.74) is 7.08. The van der Waals surface area contributed by atoms with Gasteiger partial charge in [0.25, 0.3) is 0 Å². The molecule has 2 saturated carbocycles. The molecule has 0 saturated heterocycles. The third kappa shape index (κ3) is 5.12. The lowest BCUT2D eigenvalue weighted by Crippen LogP contribution is -2.40. The molecule has 4 aromatic rings. The number of aromatic nitrogens is 2. The van der Waals surface area contributed by atoms with Gasteiger partial charge in [0, 0.05) is 34.7 Å². The molecule has 232 valence electrons. The average molecular weight is 630 g/mol. The van der Waals surface area contributed by atoms with Crippen LogP contribution in [-0.2, 0) is 15.8 Å². The highest BCUT2D eigenvalue weighted by atomic mass is 35.5. The van der Waals surface area contributed by atoms with Crippen LogP contribution in [0.3, 0.4) is 0 Å². The van der Waals surface area contributed by atoms with E-state index in [0.29, 0.717) is 51.0 Å². The zero-order valence-electron chi connectivity index (χ0n) is 25.0. The van der Waals surface area contributed by atoms with Crippen LogP contribution in [0.4, 0.5) is 4.39 Å². The summed E-state index contributed by atoms with van der Waals surface area (Å²) in [5, 5.41) is 13.1. The number of halogens is 2. The highest BCUT2D eigenvalue weighted by molar-refractivity contribution is 6.31. The van der Waals surface area contributed by atoms with Gasteiger partial charge in [0.15, 0.2) is 5.78 Å². The van der Waals surface area contributed by atoms with E-state index >= 15 is 0 Å². The van der Waals surface area contributed by atoms with Crippen LogP contribution >= 0.6 is 11.6 Å². The van der Waals surface area contributed by atoms with E-state index in [1.165, 1.54) is 18.2 Å². The molecule has 3 heterocycles. The van der Waals surface area contributed by atoms with E-state index in [9.17, 15) is 19.1 Å². The Balaban J connectivity index is 1.26. The number of fused-ring (bicyclic) bond motifs is 2. The largest absolute Gasteiger partial charge is 0.494 e. The zero-order chi connectivity index (χ0) is 31.7. The number of carbonyl (C=O) groups excluding carboxylic acids is 2. The van der Waals surface area contributed by atoms with Crippen LogP contribution in [0.5, 0.6) is 11.5 Å². The Bertz CT molecular complexity index is 1890. The van der Waals surface area contributed by atoms with Gasteiger partial charge in [0.1, 0.15) is 46.1 Å². The van der Waals surface area contributed by atoms with Gasteiger partial charge in [0.05, 0.1) is 17.8 Å². The van der Waals surface area contributed by atoms with Crippen molar-refractivity contribution in [2.75, 3.05) is 13.7 Å². The lowest BCUT2D eigenvalue weighted by Gasteiger charge is -2.30. The number of pyridine rings is 2. The van der Waals surface area contributed by atoms with E-state index < -0.39 is 22.7 Å². The van der Waals surface area contributed by atoms with Crippen molar-refractivity contribution in [3.63, 3.8) is 0 Å². The number of methoxy groups -OCH3 is 1. The molecule has 0 radical (unpaired) electrons. The van der Waals surface area contributed by atoms with Gasteiger partial charge in [-0.05, 0) is 98.9 Å². The molecule has 8 nitrogen and oxygen atoms in total. The number of Topliss-reactive ketones (excluding diaryl/α,β-unsaturated/α-hetero) is 1. The van der Waals surface area contributed by atoms with Crippen LogP contribution in [0.25, 0.3) is 22.2 Å². The molecule has 0 unspecified atom stereocenters. The van der Waals surface area contributed by atoms with Crippen molar-refractivity contribution < 1.29 is 28.6 Å². The zero-order valence-corrected chi connectivity index (χ0v) is 25.8. The molecule has 7 rings (SSSR count). The van der Waals surface area contributed by atoms with Crippen molar-refractivity contribution in [3.8, 4) is 22.8 Å². The lowest BCUT2D eigenvalue weighted by atomic mass is 9.80. The number of nitrogens with zero attached hydrogens (tertiary/aromatic N) is 2. The molecule has 3 aliphatic rings. The molecule has 3 N–H and O–H groups in total. The molecule has 2 aromatic carbocycles. The fourth-order valence-electron chi connectivity index (χ4n) is 6.39. The summed E-state index contributed by atoms with van der Waals surface area (Å²) in [5.74, 6) is -0.102. The average Bonchev–Trinajstić information content (AvgIpc) is 3.97. The first-order valence-corrected chi connectivity index (χ1v) is 15.6. The molecule has 1 amide bonds. The van der Waals surface area contributed by atoms with E-state index in [0.717, 1.165) is 36.6 Å². The summed E-state index contributed by atoms with van der Waals surface area (Å²) < 4.78 is 25.6. The lowest BCUT2D eigenvalue weighted by molar-refractivity contribution is -0.123. The maximum atomic E-state index is 14.1. The second-order valence-electron chi connectivity index (χ2n) is 12.8. The highest BCUT2D eigenvalue weighted by Crippen LogP contribution is 2.52. The van der Waals surface area contributed by atoms with Gasteiger partial charge in [-0.1, -0.05) is 11.6 Å². The summed E-state index contributed by atoms with van der Waals surface area (Å²) in [7, 11) is 1.56. The fourth-order valence-corrected chi connectivity index (χ4v) is 6.57. The molecule has 2 aromatic heterocycles. The number of benzene rings is 2. The van der Waals surface area contributed by atoms with Crippen molar-refractivity contribution in [3.05, 3.63) is 81.9 Å². The number of ketones is 1. The minimum Gasteiger partial charge on any atom is -0.494 e. The minimum atomic E-state index is -1.48. The van der Waals surface area contributed by atoms with E-state index in [2.05, 4.69) is 11.1 Å². The SMILES string of the molecule is COc1cc(C(=O)CC[C@](O)(c2cc3c(c(-c4ccc(F)c(Cl)c4)n2)OC[C@]3(C)C(N)=O)C2CC2)cc2cc(C3CC3)cnc12.